The number of aromatic nitrogens is 5. The number of carbonyl (C=O) groups is 1. The van der Waals surface area contributed by atoms with Crippen molar-refractivity contribution < 1.29 is 17.9 Å². The number of ketones is 1. The van der Waals surface area contributed by atoms with Gasteiger partial charge in [0.2, 0.25) is 21.6 Å². The van der Waals surface area contributed by atoms with Crippen LogP contribution in [-0.2, 0) is 10.0 Å². The summed E-state index contributed by atoms with van der Waals surface area (Å²) in [5.74, 6) is 0.115. The van der Waals surface area contributed by atoms with E-state index in [1.165, 1.54) is 47.2 Å². The summed E-state index contributed by atoms with van der Waals surface area (Å²) in [7, 11) is -2.35. The van der Waals surface area contributed by atoms with Crippen LogP contribution in [0, 0.1) is 0 Å². The summed E-state index contributed by atoms with van der Waals surface area (Å²) in [4.78, 5) is 37.0. The van der Waals surface area contributed by atoms with Gasteiger partial charge in [0.25, 0.3) is 5.56 Å². The summed E-state index contributed by atoms with van der Waals surface area (Å²) < 4.78 is 31.2. The number of ether oxygens (including phenoxy) is 1. The minimum Gasteiger partial charge on any atom is -0.497 e. The first-order valence-electron chi connectivity index (χ1n) is 11.8. The Labute approximate surface area is 231 Å². The van der Waals surface area contributed by atoms with Crippen molar-refractivity contribution >= 4 is 44.0 Å². The van der Waals surface area contributed by atoms with E-state index in [2.05, 4.69) is 5.10 Å². The fourth-order valence-electron chi connectivity index (χ4n) is 4.41. The van der Waals surface area contributed by atoms with E-state index >= 15 is 0 Å². The monoisotopic (exact) mass is 572 g/mol. The van der Waals surface area contributed by atoms with Gasteiger partial charge in [0.05, 0.1) is 33.6 Å². The Morgan fingerprint density at radius 3 is 2.35 bits per heavy atom. The molecule has 0 aliphatic rings. The minimum absolute atomic E-state index is 0.0440. The molecule has 13 heteroatoms. The summed E-state index contributed by atoms with van der Waals surface area (Å²) >= 11 is 1.50. The number of nitrogens with zero attached hydrogens (tertiary/aromatic N) is 5. The van der Waals surface area contributed by atoms with Crippen LogP contribution in [0.1, 0.15) is 17.5 Å². The van der Waals surface area contributed by atoms with E-state index in [0.717, 1.165) is 14.8 Å². The number of sulfonamides is 1. The minimum atomic E-state index is -3.92. The zero-order valence-corrected chi connectivity index (χ0v) is 22.7. The molecule has 40 heavy (non-hydrogen) atoms. The molecule has 0 saturated carbocycles. The first-order valence-corrected chi connectivity index (χ1v) is 14.3. The number of hydrogen-bond acceptors (Lipinski definition) is 9. The lowest BCUT2D eigenvalue weighted by Gasteiger charge is -2.10. The number of primary sulfonamides is 1. The maximum Gasteiger partial charge on any atom is 0.271 e. The van der Waals surface area contributed by atoms with Crippen LogP contribution in [0.5, 0.6) is 5.75 Å². The van der Waals surface area contributed by atoms with Crippen LogP contribution < -0.4 is 15.4 Å². The number of Topliss-reactive ketones (excluding diaryl/α,β-unsaturated/α-hetero) is 1. The molecule has 0 aliphatic heterocycles. The lowest BCUT2D eigenvalue weighted by molar-refractivity contribution is 0.100. The van der Waals surface area contributed by atoms with Gasteiger partial charge in [0.15, 0.2) is 11.4 Å². The fourth-order valence-corrected chi connectivity index (χ4v) is 5.62. The van der Waals surface area contributed by atoms with E-state index in [-0.39, 0.29) is 27.5 Å². The highest BCUT2D eigenvalue weighted by Gasteiger charge is 2.23. The Bertz CT molecular complexity index is 2100. The van der Waals surface area contributed by atoms with Crippen molar-refractivity contribution in [2.45, 2.75) is 11.8 Å². The Kier molecular flexibility index (Phi) is 6.06. The summed E-state index contributed by atoms with van der Waals surface area (Å²) in [6.45, 7) is 1.30. The maximum absolute atomic E-state index is 14.1. The number of nitrogens with two attached hydrogens (primary N) is 1. The van der Waals surface area contributed by atoms with Crippen LogP contribution in [0.2, 0.25) is 0 Å². The Morgan fingerprint density at radius 2 is 1.75 bits per heavy atom. The molecule has 2 N–H and O–H groups in total. The summed E-state index contributed by atoms with van der Waals surface area (Å²) in [6.07, 6.45) is 0. The summed E-state index contributed by atoms with van der Waals surface area (Å²) in [5, 5.41) is 11.8. The fraction of sp³-hybridized carbons (Fsp3) is 0.0741. The highest BCUT2D eigenvalue weighted by atomic mass is 32.2. The first kappa shape index (κ1) is 25.6. The number of pyridine rings is 1. The second kappa shape index (κ2) is 9.48. The molecule has 0 atom stereocenters. The molecule has 0 bridgehead atoms. The second-order valence-electron chi connectivity index (χ2n) is 8.84. The van der Waals surface area contributed by atoms with Crippen molar-refractivity contribution in [2.24, 2.45) is 5.14 Å². The van der Waals surface area contributed by atoms with E-state index in [9.17, 15) is 18.0 Å². The van der Waals surface area contributed by atoms with Gasteiger partial charge in [0, 0.05) is 12.5 Å². The lowest BCUT2D eigenvalue weighted by atomic mass is 10.0. The molecule has 11 nitrogen and oxygen atoms in total. The molecule has 4 heterocycles. The number of benzene rings is 2. The predicted octanol–water partition coefficient (Wildman–Crippen LogP) is 3.68. The van der Waals surface area contributed by atoms with Gasteiger partial charge in [-0.1, -0.05) is 18.2 Å². The number of rotatable bonds is 6. The largest absolute Gasteiger partial charge is 0.497 e. The topological polar surface area (TPSA) is 152 Å². The van der Waals surface area contributed by atoms with Crippen LogP contribution >= 0.6 is 11.3 Å². The van der Waals surface area contributed by atoms with Crippen LogP contribution in [0.25, 0.3) is 44.2 Å². The van der Waals surface area contributed by atoms with Gasteiger partial charge in [-0.05, 0) is 59.5 Å². The molecule has 0 amide bonds. The SMILES string of the molecule is COc1ccc(-c2cc(-c3cccs3)nc3nc4n(-c5ccc(S(N)(=O)=O)cc5)nc(C(C)=O)n4c(=O)c23)cc1. The lowest BCUT2D eigenvalue weighted by Crippen LogP contribution is -2.20. The van der Waals surface area contributed by atoms with Gasteiger partial charge >= 0.3 is 0 Å². The molecule has 2 aromatic carbocycles. The van der Waals surface area contributed by atoms with Gasteiger partial charge in [-0.25, -0.2) is 22.9 Å². The zero-order valence-electron chi connectivity index (χ0n) is 21.1. The number of hydrogen-bond donors (Lipinski definition) is 1. The number of fused-ring (bicyclic) bond motifs is 2. The average Bonchev–Trinajstić information content (AvgIpc) is 3.61. The molecule has 0 unspecified atom stereocenters. The van der Waals surface area contributed by atoms with Crippen molar-refractivity contribution in [3.63, 3.8) is 0 Å². The highest BCUT2D eigenvalue weighted by Crippen LogP contribution is 2.33. The molecular weight excluding hydrogens is 552 g/mol. The van der Waals surface area contributed by atoms with Crippen molar-refractivity contribution in [1.82, 2.24) is 24.1 Å². The van der Waals surface area contributed by atoms with Crippen molar-refractivity contribution in [3.05, 3.63) is 88.3 Å². The van der Waals surface area contributed by atoms with E-state index in [0.29, 0.717) is 22.7 Å². The third kappa shape index (κ3) is 4.25. The van der Waals surface area contributed by atoms with Gasteiger partial charge in [-0.15, -0.1) is 16.4 Å². The Morgan fingerprint density at radius 1 is 1.02 bits per heavy atom. The molecule has 6 rings (SSSR count). The Balaban J connectivity index is 1.69. The molecule has 0 fully saturated rings. The van der Waals surface area contributed by atoms with E-state index in [1.807, 2.05) is 35.7 Å². The van der Waals surface area contributed by atoms with E-state index < -0.39 is 21.4 Å². The quantitative estimate of drug-likeness (QED) is 0.297. The maximum atomic E-state index is 14.1. The van der Waals surface area contributed by atoms with Crippen molar-refractivity contribution in [1.29, 1.82) is 0 Å². The van der Waals surface area contributed by atoms with Crippen LogP contribution in [0.3, 0.4) is 0 Å². The number of thiophene rings is 1. The van der Waals surface area contributed by atoms with E-state index in [1.54, 1.807) is 19.2 Å². The average molecular weight is 573 g/mol. The third-order valence-electron chi connectivity index (χ3n) is 6.32. The molecule has 0 spiro atoms. The van der Waals surface area contributed by atoms with Crippen molar-refractivity contribution in [2.75, 3.05) is 7.11 Å². The van der Waals surface area contributed by atoms with Gasteiger partial charge in [-0.3, -0.25) is 9.59 Å². The van der Waals surface area contributed by atoms with Crippen LogP contribution in [-0.4, -0.2) is 45.5 Å². The molecule has 0 aliphatic carbocycles. The highest BCUT2D eigenvalue weighted by molar-refractivity contribution is 7.89. The molecule has 4 aromatic heterocycles. The van der Waals surface area contributed by atoms with Crippen molar-refractivity contribution in [3.8, 4) is 33.1 Å². The molecule has 6 aromatic rings. The van der Waals surface area contributed by atoms with Gasteiger partial charge in [-0.2, -0.15) is 9.67 Å². The zero-order chi connectivity index (χ0) is 28.2. The summed E-state index contributed by atoms with van der Waals surface area (Å²) in [5.41, 5.74) is 1.96. The van der Waals surface area contributed by atoms with Gasteiger partial charge in [0.1, 0.15) is 5.75 Å². The van der Waals surface area contributed by atoms with E-state index in [4.69, 9.17) is 19.8 Å². The summed E-state index contributed by atoms with van der Waals surface area (Å²) in [6, 6.07) is 18.5. The predicted molar refractivity (Wildman–Crippen MR) is 151 cm³/mol. The number of carbonyl (C=O) groups excluding carboxylic acids is 1. The third-order valence-corrected chi connectivity index (χ3v) is 8.14. The Hall–Kier alpha value is -4.72. The number of methoxy groups -OCH3 is 1. The van der Waals surface area contributed by atoms with Crippen LogP contribution in [0.4, 0.5) is 0 Å². The second-order valence-corrected chi connectivity index (χ2v) is 11.4. The van der Waals surface area contributed by atoms with Crippen LogP contribution in [0.15, 0.2) is 81.8 Å². The molecule has 0 saturated heterocycles. The van der Waals surface area contributed by atoms with Gasteiger partial charge < -0.3 is 4.74 Å². The molecule has 200 valence electrons. The first-order chi connectivity index (χ1) is 19.2. The normalized spacial score (nSPS) is 11.8. The molecular formula is C27H20N6O5S2. The standard InChI is InChI=1S/C27H20N6O5S2/c1-15(34)25-31-33(17-7-11-19(12-8-17)40(28,36)37)27-30-24-23(26(35)32(25)27)20(16-5-9-18(38-2)10-6-16)14-21(29-24)22-4-3-13-39-22/h3-14H,1-2H3,(H2,28,36,37). The smallest absolute Gasteiger partial charge is 0.271 e. The molecule has 0 radical (unpaired) electrons.